The van der Waals surface area contributed by atoms with Crippen molar-refractivity contribution in [2.75, 3.05) is 23.9 Å². The van der Waals surface area contributed by atoms with Gasteiger partial charge in [0.05, 0.1) is 22.4 Å². The van der Waals surface area contributed by atoms with E-state index in [2.05, 4.69) is 5.32 Å². The van der Waals surface area contributed by atoms with Gasteiger partial charge >= 0.3 is 0 Å². The minimum atomic E-state index is -0.959. The first-order chi connectivity index (χ1) is 13.0. The number of carbonyl (C=O) groups excluding carboxylic acids is 1. The molecule has 1 amide bonds. The molecule has 1 saturated heterocycles. The van der Waals surface area contributed by atoms with Crippen LogP contribution >= 0.6 is 23.4 Å². The maximum absolute atomic E-state index is 12.8. The predicted octanol–water partition coefficient (Wildman–Crippen LogP) is 4.74. The molecular formula is C20H22ClNO3S2. The van der Waals surface area contributed by atoms with Crippen molar-refractivity contribution >= 4 is 45.8 Å². The van der Waals surface area contributed by atoms with E-state index in [1.807, 2.05) is 30.3 Å². The van der Waals surface area contributed by atoms with E-state index in [0.717, 1.165) is 35.7 Å². The SMILES string of the molecule is CS(=O)Cc1ccc(Cl)c(NC(=O)c2ccccc2SCC2CCCO2)c1. The fourth-order valence-corrected chi connectivity index (χ4v) is 4.85. The molecule has 2 aromatic carbocycles. The first-order valence-electron chi connectivity index (χ1n) is 8.76. The van der Waals surface area contributed by atoms with Crippen LogP contribution in [0.2, 0.25) is 5.02 Å². The molecule has 1 aliphatic heterocycles. The van der Waals surface area contributed by atoms with Crippen LogP contribution < -0.4 is 5.32 Å². The highest BCUT2D eigenvalue weighted by Crippen LogP contribution is 2.29. The van der Waals surface area contributed by atoms with Gasteiger partial charge in [-0.05, 0) is 42.7 Å². The summed E-state index contributed by atoms with van der Waals surface area (Å²) in [5.41, 5.74) is 2.01. The van der Waals surface area contributed by atoms with E-state index in [1.54, 1.807) is 30.2 Å². The summed E-state index contributed by atoms with van der Waals surface area (Å²) in [6, 6.07) is 12.9. The van der Waals surface area contributed by atoms with Crippen LogP contribution in [0.3, 0.4) is 0 Å². The second-order valence-electron chi connectivity index (χ2n) is 6.43. The largest absolute Gasteiger partial charge is 0.377 e. The summed E-state index contributed by atoms with van der Waals surface area (Å²) in [6.45, 7) is 0.824. The molecule has 7 heteroatoms. The zero-order valence-corrected chi connectivity index (χ0v) is 17.5. The second-order valence-corrected chi connectivity index (χ2v) is 9.33. The number of amides is 1. The minimum Gasteiger partial charge on any atom is -0.377 e. The Bertz CT molecular complexity index is 838. The summed E-state index contributed by atoms with van der Waals surface area (Å²) in [5.74, 6) is 1.05. The Labute approximate surface area is 171 Å². The molecule has 2 atom stereocenters. The first kappa shape index (κ1) is 20.4. The Morgan fingerprint density at radius 3 is 2.89 bits per heavy atom. The molecule has 1 fully saturated rings. The zero-order chi connectivity index (χ0) is 19.2. The van der Waals surface area contributed by atoms with E-state index in [9.17, 15) is 9.00 Å². The molecule has 0 saturated carbocycles. The third kappa shape index (κ3) is 5.82. The predicted molar refractivity (Wildman–Crippen MR) is 113 cm³/mol. The van der Waals surface area contributed by atoms with E-state index in [-0.39, 0.29) is 12.0 Å². The van der Waals surface area contributed by atoms with Crippen molar-refractivity contribution in [2.24, 2.45) is 0 Å². The molecule has 1 heterocycles. The molecule has 2 aromatic rings. The third-order valence-electron chi connectivity index (χ3n) is 4.23. The summed E-state index contributed by atoms with van der Waals surface area (Å²) < 4.78 is 17.1. The van der Waals surface area contributed by atoms with Crippen molar-refractivity contribution < 1.29 is 13.7 Å². The Morgan fingerprint density at radius 1 is 1.33 bits per heavy atom. The van der Waals surface area contributed by atoms with Crippen LogP contribution in [0.4, 0.5) is 5.69 Å². The van der Waals surface area contributed by atoms with Crippen molar-refractivity contribution in [3.63, 3.8) is 0 Å². The molecule has 144 valence electrons. The minimum absolute atomic E-state index is 0.206. The van der Waals surface area contributed by atoms with Gasteiger partial charge in [-0.15, -0.1) is 11.8 Å². The lowest BCUT2D eigenvalue weighted by molar-refractivity contribution is 0.102. The van der Waals surface area contributed by atoms with E-state index in [1.165, 1.54) is 0 Å². The number of anilines is 1. The van der Waals surface area contributed by atoms with Gasteiger partial charge in [-0.1, -0.05) is 29.8 Å². The summed E-state index contributed by atoms with van der Waals surface area (Å²) in [5, 5.41) is 3.35. The molecule has 0 radical (unpaired) electrons. The van der Waals surface area contributed by atoms with Crippen molar-refractivity contribution in [3.8, 4) is 0 Å². The number of rotatable bonds is 7. The summed E-state index contributed by atoms with van der Waals surface area (Å²) in [6.07, 6.45) is 4.08. The Morgan fingerprint density at radius 2 is 2.15 bits per heavy atom. The molecule has 4 nitrogen and oxygen atoms in total. The third-order valence-corrected chi connectivity index (χ3v) is 6.50. The molecular weight excluding hydrogens is 402 g/mol. The summed E-state index contributed by atoms with van der Waals surface area (Å²) >= 11 is 7.88. The van der Waals surface area contributed by atoms with E-state index in [0.29, 0.717) is 22.0 Å². The summed E-state index contributed by atoms with van der Waals surface area (Å²) in [4.78, 5) is 13.8. The van der Waals surface area contributed by atoms with Gasteiger partial charge in [-0.2, -0.15) is 0 Å². The molecule has 0 bridgehead atoms. The van der Waals surface area contributed by atoms with Crippen LogP contribution in [-0.2, 0) is 21.3 Å². The van der Waals surface area contributed by atoms with Crippen molar-refractivity contribution in [1.29, 1.82) is 0 Å². The fraction of sp³-hybridized carbons (Fsp3) is 0.350. The quantitative estimate of drug-likeness (QED) is 0.653. The van der Waals surface area contributed by atoms with Crippen molar-refractivity contribution in [3.05, 3.63) is 58.6 Å². The second kappa shape index (κ2) is 9.73. The van der Waals surface area contributed by atoms with Gasteiger partial charge in [0.15, 0.2) is 0 Å². The number of carbonyl (C=O) groups is 1. The van der Waals surface area contributed by atoms with Gasteiger partial charge in [0.1, 0.15) is 0 Å². The molecule has 27 heavy (non-hydrogen) atoms. The number of hydrogen-bond acceptors (Lipinski definition) is 4. The van der Waals surface area contributed by atoms with Gasteiger partial charge in [0.25, 0.3) is 5.91 Å². The van der Waals surface area contributed by atoms with Crippen LogP contribution in [0, 0.1) is 0 Å². The number of hydrogen-bond donors (Lipinski definition) is 1. The van der Waals surface area contributed by atoms with Crippen LogP contribution in [0.25, 0.3) is 0 Å². The van der Waals surface area contributed by atoms with Crippen LogP contribution in [-0.4, -0.2) is 34.8 Å². The molecule has 1 N–H and O–H groups in total. The smallest absolute Gasteiger partial charge is 0.256 e. The van der Waals surface area contributed by atoms with Gasteiger partial charge < -0.3 is 10.1 Å². The summed E-state index contributed by atoms with van der Waals surface area (Å²) in [7, 11) is -0.959. The Hall–Kier alpha value is -1.34. The van der Waals surface area contributed by atoms with Crippen LogP contribution in [0.1, 0.15) is 28.8 Å². The van der Waals surface area contributed by atoms with E-state index in [4.69, 9.17) is 16.3 Å². The number of nitrogens with one attached hydrogen (secondary N) is 1. The molecule has 2 unspecified atom stereocenters. The van der Waals surface area contributed by atoms with E-state index < -0.39 is 10.8 Å². The standard InChI is InChI=1S/C20H22ClNO3S2/c1-27(24)13-14-8-9-17(21)18(11-14)22-20(23)16-6-2-3-7-19(16)26-12-15-5-4-10-25-15/h2-3,6-9,11,15H,4-5,10,12-13H2,1H3,(H,22,23). The monoisotopic (exact) mass is 423 g/mol. The van der Waals surface area contributed by atoms with Gasteiger partial charge in [0.2, 0.25) is 0 Å². The maximum atomic E-state index is 12.8. The highest BCUT2D eigenvalue weighted by molar-refractivity contribution is 7.99. The number of ether oxygens (including phenoxy) is 1. The molecule has 0 aromatic heterocycles. The lowest BCUT2D eigenvalue weighted by Crippen LogP contribution is -2.14. The fourth-order valence-electron chi connectivity index (χ4n) is 2.92. The van der Waals surface area contributed by atoms with Crippen molar-refractivity contribution in [1.82, 2.24) is 0 Å². The highest BCUT2D eigenvalue weighted by atomic mass is 35.5. The first-order valence-corrected chi connectivity index (χ1v) is 11.9. The highest BCUT2D eigenvalue weighted by Gasteiger charge is 2.18. The number of halogens is 1. The van der Waals surface area contributed by atoms with Gasteiger partial charge in [0, 0.05) is 40.1 Å². The molecule has 1 aliphatic rings. The molecule has 3 rings (SSSR count). The number of thioether (sulfide) groups is 1. The molecule has 0 aliphatic carbocycles. The van der Waals surface area contributed by atoms with Gasteiger partial charge in [-0.25, -0.2) is 0 Å². The zero-order valence-electron chi connectivity index (χ0n) is 15.1. The topological polar surface area (TPSA) is 55.4 Å². The molecule has 0 spiro atoms. The normalized spacial score (nSPS) is 17.6. The average Bonchev–Trinajstić information content (AvgIpc) is 3.16. The Kier molecular flexibility index (Phi) is 7.35. The van der Waals surface area contributed by atoms with Crippen molar-refractivity contribution in [2.45, 2.75) is 29.6 Å². The van der Waals surface area contributed by atoms with Crippen LogP contribution in [0.5, 0.6) is 0 Å². The lowest BCUT2D eigenvalue weighted by atomic mass is 10.2. The number of benzene rings is 2. The lowest BCUT2D eigenvalue weighted by Gasteiger charge is -2.13. The maximum Gasteiger partial charge on any atom is 0.256 e. The van der Waals surface area contributed by atoms with Gasteiger partial charge in [-0.3, -0.25) is 9.00 Å². The van der Waals surface area contributed by atoms with Crippen LogP contribution in [0.15, 0.2) is 47.4 Å². The Balaban J connectivity index is 1.73. The average molecular weight is 424 g/mol. The van der Waals surface area contributed by atoms with E-state index >= 15 is 0 Å².